The molecule has 0 aliphatic rings. The molecule has 0 aromatic carbocycles. The quantitative estimate of drug-likeness (QED) is 0.782. The standard InChI is InChI=1S/C11H16ClN3O/c1-11(2,3)15-10(16)7-5-8(12)14-9(6-7)13-4/h5-6H,1-4H3,(H,13,14)(H,15,16). The van der Waals surface area contributed by atoms with Crippen molar-refractivity contribution in [2.24, 2.45) is 0 Å². The number of rotatable bonds is 2. The van der Waals surface area contributed by atoms with Crippen LogP contribution in [0.15, 0.2) is 12.1 Å². The monoisotopic (exact) mass is 241 g/mol. The zero-order valence-electron chi connectivity index (χ0n) is 9.89. The van der Waals surface area contributed by atoms with Crippen molar-refractivity contribution in [2.75, 3.05) is 12.4 Å². The van der Waals surface area contributed by atoms with E-state index in [1.54, 1.807) is 19.2 Å². The molecule has 0 fully saturated rings. The van der Waals surface area contributed by atoms with Gasteiger partial charge in [0.2, 0.25) is 0 Å². The van der Waals surface area contributed by atoms with Crippen molar-refractivity contribution in [2.45, 2.75) is 26.3 Å². The van der Waals surface area contributed by atoms with Crippen molar-refractivity contribution in [3.8, 4) is 0 Å². The van der Waals surface area contributed by atoms with Crippen molar-refractivity contribution < 1.29 is 4.79 Å². The topological polar surface area (TPSA) is 54.0 Å². The highest BCUT2D eigenvalue weighted by Gasteiger charge is 2.16. The first kappa shape index (κ1) is 12.8. The summed E-state index contributed by atoms with van der Waals surface area (Å²) >= 11 is 5.81. The molecular weight excluding hydrogens is 226 g/mol. The van der Waals surface area contributed by atoms with Crippen molar-refractivity contribution in [3.05, 3.63) is 22.8 Å². The first-order valence-electron chi connectivity index (χ1n) is 5.00. The maximum Gasteiger partial charge on any atom is 0.251 e. The molecule has 0 spiro atoms. The van der Waals surface area contributed by atoms with Gasteiger partial charge in [0, 0.05) is 18.2 Å². The van der Waals surface area contributed by atoms with Gasteiger partial charge in [0.25, 0.3) is 5.91 Å². The highest BCUT2D eigenvalue weighted by Crippen LogP contribution is 2.14. The van der Waals surface area contributed by atoms with Crippen molar-refractivity contribution in [3.63, 3.8) is 0 Å². The van der Waals surface area contributed by atoms with Gasteiger partial charge in [0.05, 0.1) is 0 Å². The summed E-state index contributed by atoms with van der Waals surface area (Å²) in [5, 5.41) is 6.01. The minimum Gasteiger partial charge on any atom is -0.373 e. The number of amides is 1. The minimum absolute atomic E-state index is 0.159. The molecule has 0 radical (unpaired) electrons. The zero-order chi connectivity index (χ0) is 12.3. The van der Waals surface area contributed by atoms with Crippen molar-refractivity contribution >= 4 is 23.3 Å². The van der Waals surface area contributed by atoms with E-state index in [-0.39, 0.29) is 11.4 Å². The molecule has 1 aromatic heterocycles. The van der Waals surface area contributed by atoms with Crippen LogP contribution in [-0.2, 0) is 0 Å². The molecule has 16 heavy (non-hydrogen) atoms. The lowest BCUT2D eigenvalue weighted by Gasteiger charge is -2.20. The Hall–Kier alpha value is -1.29. The molecule has 88 valence electrons. The number of anilines is 1. The summed E-state index contributed by atoms with van der Waals surface area (Å²) in [6, 6.07) is 3.20. The van der Waals surface area contributed by atoms with Gasteiger partial charge in [-0.2, -0.15) is 0 Å². The van der Waals surface area contributed by atoms with Gasteiger partial charge >= 0.3 is 0 Å². The number of pyridine rings is 1. The lowest BCUT2D eigenvalue weighted by Crippen LogP contribution is -2.40. The molecule has 2 N–H and O–H groups in total. The smallest absolute Gasteiger partial charge is 0.251 e. The molecule has 4 nitrogen and oxygen atoms in total. The number of halogens is 1. The maximum atomic E-state index is 11.9. The number of nitrogens with one attached hydrogen (secondary N) is 2. The molecule has 1 heterocycles. The fourth-order valence-electron chi connectivity index (χ4n) is 1.17. The van der Waals surface area contributed by atoms with Crippen LogP contribution in [0.3, 0.4) is 0 Å². The predicted molar refractivity (Wildman–Crippen MR) is 66.0 cm³/mol. The van der Waals surface area contributed by atoms with Gasteiger partial charge < -0.3 is 10.6 Å². The number of aromatic nitrogens is 1. The third kappa shape index (κ3) is 3.70. The van der Waals surface area contributed by atoms with Crippen LogP contribution in [0.1, 0.15) is 31.1 Å². The van der Waals surface area contributed by atoms with Crippen LogP contribution in [0.25, 0.3) is 0 Å². The fourth-order valence-corrected chi connectivity index (χ4v) is 1.38. The first-order valence-corrected chi connectivity index (χ1v) is 5.37. The summed E-state index contributed by atoms with van der Waals surface area (Å²) in [4.78, 5) is 15.9. The third-order valence-electron chi connectivity index (χ3n) is 1.80. The Morgan fingerprint density at radius 2 is 2.00 bits per heavy atom. The Balaban J connectivity index is 2.95. The van der Waals surface area contributed by atoms with Crippen LogP contribution in [-0.4, -0.2) is 23.5 Å². The normalized spacial score (nSPS) is 11.1. The highest BCUT2D eigenvalue weighted by atomic mass is 35.5. The van der Waals surface area contributed by atoms with Crippen LogP contribution in [0.4, 0.5) is 5.82 Å². The summed E-state index contributed by atoms with van der Waals surface area (Å²) in [5.74, 6) is 0.417. The van der Waals surface area contributed by atoms with Crippen LogP contribution in [0.2, 0.25) is 5.15 Å². The Morgan fingerprint density at radius 1 is 1.38 bits per heavy atom. The molecule has 0 saturated heterocycles. The van der Waals surface area contributed by atoms with Gasteiger partial charge in [0.15, 0.2) is 0 Å². The van der Waals surface area contributed by atoms with Gasteiger partial charge in [-0.15, -0.1) is 0 Å². The second-order valence-electron chi connectivity index (χ2n) is 4.52. The minimum atomic E-state index is -0.271. The Morgan fingerprint density at radius 3 is 2.50 bits per heavy atom. The van der Waals surface area contributed by atoms with Gasteiger partial charge in [-0.1, -0.05) is 11.6 Å². The van der Waals surface area contributed by atoms with Crippen LogP contribution < -0.4 is 10.6 Å². The Labute approximate surface area is 100 Å². The van der Waals surface area contributed by atoms with Gasteiger partial charge in [0.1, 0.15) is 11.0 Å². The lowest BCUT2D eigenvalue weighted by atomic mass is 10.1. The lowest BCUT2D eigenvalue weighted by molar-refractivity contribution is 0.0919. The van der Waals surface area contributed by atoms with E-state index in [0.717, 1.165) is 0 Å². The third-order valence-corrected chi connectivity index (χ3v) is 1.99. The largest absolute Gasteiger partial charge is 0.373 e. The van der Waals surface area contributed by atoms with Crippen molar-refractivity contribution in [1.82, 2.24) is 10.3 Å². The molecule has 1 aromatic rings. The SMILES string of the molecule is CNc1cc(C(=O)NC(C)(C)C)cc(Cl)n1. The second-order valence-corrected chi connectivity index (χ2v) is 4.91. The number of carbonyl (C=O) groups excluding carboxylic acids is 1. The van der Waals surface area contributed by atoms with E-state index in [1.165, 1.54) is 0 Å². The van der Waals surface area contributed by atoms with E-state index in [2.05, 4.69) is 15.6 Å². The molecule has 0 atom stereocenters. The van der Waals surface area contributed by atoms with Crippen LogP contribution >= 0.6 is 11.6 Å². The fraction of sp³-hybridized carbons (Fsp3) is 0.455. The van der Waals surface area contributed by atoms with Gasteiger partial charge in [-0.3, -0.25) is 4.79 Å². The number of hydrogen-bond acceptors (Lipinski definition) is 3. The number of carbonyl (C=O) groups is 1. The van der Waals surface area contributed by atoms with E-state index >= 15 is 0 Å². The summed E-state index contributed by atoms with van der Waals surface area (Å²) in [6.45, 7) is 5.77. The van der Waals surface area contributed by atoms with Crippen molar-refractivity contribution in [1.29, 1.82) is 0 Å². The number of nitrogens with zero attached hydrogens (tertiary/aromatic N) is 1. The summed E-state index contributed by atoms with van der Waals surface area (Å²) in [7, 11) is 1.73. The molecule has 0 aliphatic heterocycles. The number of hydrogen-bond donors (Lipinski definition) is 2. The molecule has 1 rings (SSSR count). The Bertz CT molecular complexity index is 399. The molecule has 0 bridgehead atoms. The van der Waals surface area contributed by atoms with E-state index in [4.69, 9.17) is 11.6 Å². The molecule has 5 heteroatoms. The average molecular weight is 242 g/mol. The van der Waals surface area contributed by atoms with Crippen LogP contribution in [0, 0.1) is 0 Å². The predicted octanol–water partition coefficient (Wildman–Crippen LogP) is 2.31. The van der Waals surface area contributed by atoms with E-state index in [9.17, 15) is 4.79 Å². The summed E-state index contributed by atoms with van der Waals surface area (Å²) in [6.07, 6.45) is 0. The second kappa shape index (κ2) is 4.70. The van der Waals surface area contributed by atoms with E-state index in [1.807, 2.05) is 20.8 Å². The zero-order valence-corrected chi connectivity index (χ0v) is 10.6. The average Bonchev–Trinajstić information content (AvgIpc) is 2.14. The maximum absolute atomic E-state index is 11.9. The molecule has 0 unspecified atom stereocenters. The van der Waals surface area contributed by atoms with E-state index in [0.29, 0.717) is 16.5 Å². The molecule has 0 aliphatic carbocycles. The highest BCUT2D eigenvalue weighted by molar-refractivity contribution is 6.29. The Kier molecular flexibility index (Phi) is 3.75. The van der Waals surface area contributed by atoms with Gasteiger partial charge in [-0.05, 0) is 32.9 Å². The molecule has 0 saturated carbocycles. The summed E-state index contributed by atoms with van der Waals surface area (Å²) < 4.78 is 0. The van der Waals surface area contributed by atoms with Gasteiger partial charge in [-0.25, -0.2) is 4.98 Å². The van der Waals surface area contributed by atoms with Crippen LogP contribution in [0.5, 0.6) is 0 Å². The van der Waals surface area contributed by atoms with E-state index < -0.39 is 0 Å². The molecule has 1 amide bonds. The summed E-state index contributed by atoms with van der Waals surface area (Å²) in [5.41, 5.74) is 0.228. The molecular formula is C11H16ClN3O. The first-order chi connectivity index (χ1) is 7.31.